The quantitative estimate of drug-likeness (QED) is 0.263. The summed E-state index contributed by atoms with van der Waals surface area (Å²) in [5.74, 6) is -0.871. The van der Waals surface area contributed by atoms with Crippen LogP contribution in [-0.4, -0.2) is 41.0 Å². The van der Waals surface area contributed by atoms with E-state index in [2.05, 4.69) is 10.0 Å². The van der Waals surface area contributed by atoms with Gasteiger partial charge in [-0.2, -0.15) is 0 Å². The Labute approximate surface area is 144 Å². The minimum atomic E-state index is -0.869. The zero-order valence-corrected chi connectivity index (χ0v) is 14.5. The maximum Gasteiger partial charge on any atom is 0.326 e. The second-order valence-electron chi connectivity index (χ2n) is 6.47. The number of hydrogen-bond acceptors (Lipinski definition) is 3. The second-order valence-corrected chi connectivity index (χ2v) is 6.47. The van der Waals surface area contributed by atoms with Gasteiger partial charge in [0.1, 0.15) is 6.04 Å². The van der Waals surface area contributed by atoms with E-state index in [0.29, 0.717) is 25.9 Å². The van der Waals surface area contributed by atoms with E-state index in [1.165, 1.54) is 0 Å². The minimum Gasteiger partial charge on any atom is -0.480 e. The summed E-state index contributed by atoms with van der Waals surface area (Å²) in [6.45, 7) is 1.16. The molecule has 1 aliphatic rings. The molecule has 1 aliphatic heterocycles. The number of nitrogens with zero attached hydrogens (tertiary/aromatic N) is 4. The van der Waals surface area contributed by atoms with Crippen molar-refractivity contribution in [3.05, 3.63) is 10.4 Å². The Morgan fingerprint density at radius 3 is 2.38 bits per heavy atom. The predicted molar refractivity (Wildman–Crippen MR) is 92.6 cm³/mol. The first-order valence-corrected chi connectivity index (χ1v) is 9.20. The molecule has 0 aromatic heterocycles. The fourth-order valence-corrected chi connectivity index (χ4v) is 3.19. The van der Waals surface area contributed by atoms with E-state index < -0.39 is 12.0 Å². The van der Waals surface area contributed by atoms with Gasteiger partial charge in [-0.25, -0.2) is 4.79 Å². The molecule has 0 spiro atoms. The number of aliphatic carboxylic acids is 1. The summed E-state index contributed by atoms with van der Waals surface area (Å²) < 4.78 is 0. The van der Waals surface area contributed by atoms with E-state index in [0.717, 1.165) is 64.2 Å². The Hall–Kier alpha value is -1.75. The van der Waals surface area contributed by atoms with Crippen molar-refractivity contribution in [3.8, 4) is 0 Å². The fraction of sp³-hybridized carbons (Fsp3) is 0.882. The van der Waals surface area contributed by atoms with Crippen molar-refractivity contribution < 1.29 is 14.7 Å². The van der Waals surface area contributed by atoms with Gasteiger partial charge in [0.25, 0.3) is 0 Å². The van der Waals surface area contributed by atoms with Crippen molar-refractivity contribution in [2.24, 2.45) is 5.11 Å². The number of carboxylic acids is 1. The number of carboxylic acid groups (broad SMARTS) is 1. The van der Waals surface area contributed by atoms with E-state index in [4.69, 9.17) is 5.53 Å². The van der Waals surface area contributed by atoms with Gasteiger partial charge in [0.2, 0.25) is 5.91 Å². The van der Waals surface area contributed by atoms with Crippen molar-refractivity contribution >= 4 is 11.9 Å². The molecule has 7 heteroatoms. The number of carbonyl (C=O) groups is 2. The summed E-state index contributed by atoms with van der Waals surface area (Å²) in [4.78, 5) is 28.0. The Kier molecular flexibility index (Phi) is 10.7. The monoisotopic (exact) mass is 338 g/mol. The van der Waals surface area contributed by atoms with E-state index >= 15 is 0 Å². The molecule has 24 heavy (non-hydrogen) atoms. The van der Waals surface area contributed by atoms with Crippen LogP contribution in [0.15, 0.2) is 5.11 Å². The zero-order valence-electron chi connectivity index (χ0n) is 14.5. The SMILES string of the molecule is [N-]=[N+]=NCCCCCCCCCC(=O)N1CCCCCC1C(=O)O. The molecule has 0 radical (unpaired) electrons. The van der Waals surface area contributed by atoms with Crippen LogP contribution in [0.5, 0.6) is 0 Å². The molecule has 1 heterocycles. The van der Waals surface area contributed by atoms with Gasteiger partial charge in [-0.1, -0.05) is 50.1 Å². The van der Waals surface area contributed by atoms with Gasteiger partial charge in [-0.15, -0.1) is 0 Å². The van der Waals surface area contributed by atoms with Gasteiger partial charge >= 0.3 is 5.97 Å². The third-order valence-electron chi connectivity index (χ3n) is 4.57. The standard InChI is InChI=1S/C17H30N4O3/c18-20-19-13-9-5-3-1-2-4-8-12-16(22)21-14-10-6-7-11-15(21)17(23)24/h15H,1-14H2,(H,23,24). The van der Waals surface area contributed by atoms with Gasteiger partial charge in [-0.3, -0.25) is 4.79 Å². The van der Waals surface area contributed by atoms with E-state index in [1.54, 1.807) is 4.90 Å². The second kappa shape index (κ2) is 12.6. The Morgan fingerprint density at radius 1 is 1.04 bits per heavy atom. The first-order valence-electron chi connectivity index (χ1n) is 9.20. The maximum absolute atomic E-state index is 12.3. The molecule has 136 valence electrons. The lowest BCUT2D eigenvalue weighted by Gasteiger charge is -2.27. The van der Waals surface area contributed by atoms with Crippen LogP contribution in [0.2, 0.25) is 0 Å². The molecule has 0 bridgehead atoms. The van der Waals surface area contributed by atoms with Crippen LogP contribution >= 0.6 is 0 Å². The number of unbranched alkanes of at least 4 members (excludes halogenated alkanes) is 6. The molecule has 1 rings (SSSR count). The van der Waals surface area contributed by atoms with Gasteiger partial charge in [-0.05, 0) is 31.2 Å². The molecule has 0 aromatic carbocycles. The summed E-state index contributed by atoms with van der Waals surface area (Å²) in [7, 11) is 0. The van der Waals surface area contributed by atoms with E-state index in [1.807, 2.05) is 0 Å². The number of hydrogen-bond donors (Lipinski definition) is 1. The first kappa shape index (κ1) is 20.3. The molecule has 1 saturated heterocycles. The first-order chi connectivity index (χ1) is 11.7. The average Bonchev–Trinajstić information content (AvgIpc) is 2.82. The molecule has 1 amide bonds. The van der Waals surface area contributed by atoms with Gasteiger partial charge in [0.05, 0.1) is 0 Å². The Balaban J connectivity index is 2.13. The highest BCUT2D eigenvalue weighted by atomic mass is 16.4. The molecule has 0 aliphatic carbocycles. The molecule has 1 fully saturated rings. The molecule has 1 atom stereocenters. The van der Waals surface area contributed by atoms with Crippen LogP contribution in [-0.2, 0) is 9.59 Å². The largest absolute Gasteiger partial charge is 0.480 e. The molecule has 7 nitrogen and oxygen atoms in total. The van der Waals surface area contributed by atoms with E-state index in [-0.39, 0.29) is 5.91 Å². The van der Waals surface area contributed by atoms with Crippen LogP contribution in [0.25, 0.3) is 10.4 Å². The lowest BCUT2D eigenvalue weighted by molar-refractivity contribution is -0.150. The number of likely N-dealkylation sites (tertiary alicyclic amines) is 1. The Morgan fingerprint density at radius 2 is 1.71 bits per heavy atom. The predicted octanol–water partition coefficient (Wildman–Crippen LogP) is 4.27. The molecule has 1 N–H and O–H groups in total. The summed E-state index contributed by atoms with van der Waals surface area (Å²) >= 11 is 0. The van der Waals surface area contributed by atoms with Crippen molar-refractivity contribution in [1.82, 2.24) is 4.90 Å². The minimum absolute atomic E-state index is 0.00124. The van der Waals surface area contributed by atoms with Crippen LogP contribution in [0.4, 0.5) is 0 Å². The molecule has 1 unspecified atom stereocenters. The highest BCUT2D eigenvalue weighted by Crippen LogP contribution is 2.19. The van der Waals surface area contributed by atoms with Crippen LogP contribution < -0.4 is 0 Å². The van der Waals surface area contributed by atoms with Crippen LogP contribution in [0.3, 0.4) is 0 Å². The number of rotatable bonds is 11. The zero-order chi connectivity index (χ0) is 17.6. The lowest BCUT2D eigenvalue weighted by atomic mass is 10.1. The van der Waals surface area contributed by atoms with Crippen LogP contribution in [0, 0.1) is 0 Å². The Bertz CT molecular complexity index is 436. The number of azide groups is 1. The fourth-order valence-electron chi connectivity index (χ4n) is 3.19. The van der Waals surface area contributed by atoms with Crippen molar-refractivity contribution in [2.45, 2.75) is 83.1 Å². The smallest absolute Gasteiger partial charge is 0.326 e. The highest BCUT2D eigenvalue weighted by molar-refractivity contribution is 5.83. The molecular weight excluding hydrogens is 308 g/mol. The molecule has 0 saturated carbocycles. The van der Waals surface area contributed by atoms with Crippen molar-refractivity contribution in [2.75, 3.05) is 13.1 Å². The topological polar surface area (TPSA) is 106 Å². The van der Waals surface area contributed by atoms with Gasteiger partial charge in [0.15, 0.2) is 0 Å². The van der Waals surface area contributed by atoms with E-state index in [9.17, 15) is 14.7 Å². The third kappa shape index (κ3) is 8.20. The summed E-state index contributed by atoms with van der Waals surface area (Å²) in [6.07, 6.45) is 11.1. The summed E-state index contributed by atoms with van der Waals surface area (Å²) in [5.41, 5.74) is 8.16. The number of carbonyl (C=O) groups excluding carboxylic acids is 1. The van der Waals surface area contributed by atoms with Gasteiger partial charge < -0.3 is 10.0 Å². The van der Waals surface area contributed by atoms with Gasteiger partial charge in [0, 0.05) is 24.4 Å². The summed E-state index contributed by atoms with van der Waals surface area (Å²) in [5, 5.41) is 12.8. The van der Waals surface area contributed by atoms with Crippen molar-refractivity contribution in [1.29, 1.82) is 0 Å². The molecular formula is C17H30N4O3. The lowest BCUT2D eigenvalue weighted by Crippen LogP contribution is -2.44. The molecule has 0 aromatic rings. The average molecular weight is 338 g/mol. The normalized spacial score (nSPS) is 17.8. The maximum atomic E-state index is 12.3. The van der Waals surface area contributed by atoms with Crippen LogP contribution in [0.1, 0.15) is 77.0 Å². The third-order valence-corrected chi connectivity index (χ3v) is 4.57. The van der Waals surface area contributed by atoms with Crippen molar-refractivity contribution in [3.63, 3.8) is 0 Å². The highest BCUT2D eigenvalue weighted by Gasteiger charge is 2.30. The summed E-state index contributed by atoms with van der Waals surface area (Å²) in [6, 6.07) is -0.629. The number of amides is 1.